The van der Waals surface area contributed by atoms with E-state index in [1.54, 1.807) is 0 Å². The normalized spacial score (nSPS) is 12.5. The Bertz CT molecular complexity index is 5190. The zero-order chi connectivity index (χ0) is 58.2. The molecule has 414 valence electrons. The van der Waals surface area contributed by atoms with E-state index in [0.717, 1.165) is 134 Å². The first kappa shape index (κ1) is 52.3. The topological polar surface area (TPSA) is 32.8 Å². The maximum absolute atomic E-state index is 18.6. The molecule has 0 N–H and O–H groups in total. The number of allylic oxidation sites excluding steroid dienone is 4. The lowest BCUT2D eigenvalue weighted by Crippen LogP contribution is -2.14. The number of halogens is 2. The molecule has 13 aromatic carbocycles. The van der Waals surface area contributed by atoms with Gasteiger partial charge in [-0.05, 0) is 141 Å². The maximum Gasteiger partial charge on any atom is 0.159 e. The summed E-state index contributed by atoms with van der Waals surface area (Å²) >= 11 is 0. The van der Waals surface area contributed by atoms with Gasteiger partial charge >= 0.3 is 0 Å². The number of fused-ring (bicyclic) bond motifs is 6. The summed E-state index contributed by atoms with van der Waals surface area (Å²) in [5.74, 6) is -0.725. The summed E-state index contributed by atoms with van der Waals surface area (Å²) in [6.45, 7) is 8.12. The molecular weight excluding hydrogens is 1060 g/mol. The van der Waals surface area contributed by atoms with Crippen molar-refractivity contribution in [1.29, 1.82) is 0 Å². The van der Waals surface area contributed by atoms with Gasteiger partial charge in [0.25, 0.3) is 0 Å². The second kappa shape index (κ2) is 21.3. The Kier molecular flexibility index (Phi) is 12.9. The smallest absolute Gasteiger partial charge is 0.159 e. The number of hydrogen-bond donors (Lipinski definition) is 0. The fourth-order valence-electron chi connectivity index (χ4n) is 13.2. The van der Waals surface area contributed by atoms with Crippen molar-refractivity contribution >= 4 is 116 Å². The van der Waals surface area contributed by atoms with Crippen LogP contribution in [0.25, 0.3) is 115 Å². The van der Waals surface area contributed by atoms with Crippen LogP contribution >= 0.6 is 0 Å². The molecular formula is C80H58F2N2O2. The third-order valence-corrected chi connectivity index (χ3v) is 17.2. The number of para-hydroxylation sites is 4. The maximum atomic E-state index is 18.6. The number of furan rings is 2. The molecule has 0 radical (unpaired) electrons. The van der Waals surface area contributed by atoms with Crippen LogP contribution in [0.4, 0.5) is 42.9 Å². The summed E-state index contributed by atoms with van der Waals surface area (Å²) < 4.78 is 51.2. The molecule has 0 saturated carbocycles. The summed E-state index contributed by atoms with van der Waals surface area (Å²) in [5.41, 5.74) is 15.0. The average molecular weight is 1120 g/mol. The first-order chi connectivity index (χ1) is 42.3. The van der Waals surface area contributed by atoms with Crippen molar-refractivity contribution in [2.75, 3.05) is 9.80 Å². The molecule has 1 aliphatic carbocycles. The van der Waals surface area contributed by atoms with Crippen LogP contribution in [0.3, 0.4) is 0 Å². The second-order valence-electron chi connectivity index (χ2n) is 22.1. The minimum Gasteiger partial charge on any atom is -0.454 e. The van der Waals surface area contributed by atoms with Crippen LogP contribution in [0.1, 0.15) is 43.4 Å². The number of aryl methyl sites for hydroxylation is 2. The van der Waals surface area contributed by atoms with Gasteiger partial charge < -0.3 is 18.6 Å². The van der Waals surface area contributed by atoms with Crippen molar-refractivity contribution in [3.8, 4) is 33.4 Å². The van der Waals surface area contributed by atoms with Gasteiger partial charge in [-0.3, -0.25) is 0 Å². The minimum absolute atomic E-state index is 0.352. The minimum atomic E-state index is -0.372. The predicted octanol–water partition coefficient (Wildman–Crippen LogP) is 24.0. The SMILES string of the molecule is CC.Cc1cccc2c1oc1c(N(c3cc(C4=CC=CCC4)cc(-c4ccccc4)c3F)c3ccc4ccc5c(N(c6cc(-c7ccccc7)cc(-c7ccccc7)c6F)c6cccc7c6oc6c(C)cccc67)ccc6ccc3c4c65)cccc12. The fraction of sp³-hybridized carbons (Fsp3) is 0.0750. The summed E-state index contributed by atoms with van der Waals surface area (Å²) in [7, 11) is 0. The quantitative estimate of drug-likeness (QED) is 0.128. The van der Waals surface area contributed by atoms with Gasteiger partial charge in [0, 0.05) is 43.4 Å². The van der Waals surface area contributed by atoms with E-state index in [4.69, 9.17) is 8.83 Å². The number of nitrogens with zero attached hydrogens (tertiary/aromatic N) is 2. The van der Waals surface area contributed by atoms with Crippen LogP contribution in [-0.4, -0.2) is 0 Å². The van der Waals surface area contributed by atoms with Crippen molar-refractivity contribution in [1.82, 2.24) is 0 Å². The van der Waals surface area contributed by atoms with Crippen LogP contribution in [0, 0.1) is 25.5 Å². The third-order valence-electron chi connectivity index (χ3n) is 17.2. The van der Waals surface area contributed by atoms with Gasteiger partial charge in [-0.15, -0.1) is 0 Å². The highest BCUT2D eigenvalue weighted by Crippen LogP contribution is 2.53. The molecule has 0 unspecified atom stereocenters. The molecule has 0 aliphatic heterocycles. The molecule has 0 spiro atoms. The van der Waals surface area contributed by atoms with Crippen LogP contribution in [-0.2, 0) is 0 Å². The zero-order valence-corrected chi connectivity index (χ0v) is 48.1. The lowest BCUT2D eigenvalue weighted by atomic mass is 9.90. The summed E-state index contributed by atoms with van der Waals surface area (Å²) in [4.78, 5) is 4.15. The molecule has 86 heavy (non-hydrogen) atoms. The van der Waals surface area contributed by atoms with Crippen LogP contribution < -0.4 is 9.80 Å². The second-order valence-corrected chi connectivity index (χ2v) is 22.1. The Morgan fingerprint density at radius 1 is 0.349 bits per heavy atom. The number of anilines is 6. The molecule has 6 heteroatoms. The Morgan fingerprint density at radius 2 is 0.767 bits per heavy atom. The van der Waals surface area contributed by atoms with Gasteiger partial charge in [0.15, 0.2) is 22.8 Å². The summed E-state index contributed by atoms with van der Waals surface area (Å²) in [5, 5.41) is 9.64. The lowest BCUT2D eigenvalue weighted by molar-refractivity contribution is 0.631. The van der Waals surface area contributed by atoms with Gasteiger partial charge in [0.1, 0.15) is 11.2 Å². The molecule has 2 heterocycles. The Hall–Kier alpha value is -10.6. The van der Waals surface area contributed by atoms with Gasteiger partial charge in [-0.1, -0.05) is 220 Å². The van der Waals surface area contributed by atoms with E-state index in [9.17, 15) is 0 Å². The van der Waals surface area contributed by atoms with E-state index >= 15 is 8.78 Å². The Labute approximate surface area is 497 Å². The summed E-state index contributed by atoms with van der Waals surface area (Å²) in [6, 6.07) is 79.8. The zero-order valence-electron chi connectivity index (χ0n) is 48.1. The molecule has 15 aromatic rings. The molecule has 1 aliphatic rings. The highest BCUT2D eigenvalue weighted by Gasteiger charge is 2.30. The molecule has 0 atom stereocenters. The van der Waals surface area contributed by atoms with E-state index in [2.05, 4.69) is 151 Å². The summed E-state index contributed by atoms with van der Waals surface area (Å²) in [6.07, 6.45) is 8.15. The number of hydrogen-bond acceptors (Lipinski definition) is 4. The van der Waals surface area contributed by atoms with Gasteiger partial charge in [0.05, 0.1) is 34.1 Å². The molecule has 0 amide bonds. The molecule has 0 saturated heterocycles. The van der Waals surface area contributed by atoms with Gasteiger partial charge in [-0.2, -0.15) is 0 Å². The highest BCUT2D eigenvalue weighted by molar-refractivity contribution is 6.29. The fourth-order valence-corrected chi connectivity index (χ4v) is 13.2. The number of rotatable bonds is 10. The van der Waals surface area contributed by atoms with Crippen LogP contribution in [0.15, 0.2) is 264 Å². The van der Waals surface area contributed by atoms with Crippen molar-refractivity contribution in [2.24, 2.45) is 0 Å². The van der Waals surface area contributed by atoms with E-state index in [-0.39, 0.29) is 11.6 Å². The predicted molar refractivity (Wildman–Crippen MR) is 357 cm³/mol. The van der Waals surface area contributed by atoms with Crippen LogP contribution in [0.5, 0.6) is 0 Å². The highest BCUT2D eigenvalue weighted by atomic mass is 19.1. The van der Waals surface area contributed by atoms with Crippen molar-refractivity contribution in [3.63, 3.8) is 0 Å². The molecule has 0 bridgehead atoms. The molecule has 16 rings (SSSR count). The van der Waals surface area contributed by atoms with E-state index < -0.39 is 0 Å². The van der Waals surface area contributed by atoms with Gasteiger partial charge in [0.2, 0.25) is 0 Å². The van der Waals surface area contributed by atoms with E-state index in [1.165, 1.54) is 0 Å². The average Bonchev–Trinajstić information content (AvgIpc) is 1.28. The van der Waals surface area contributed by atoms with E-state index in [1.807, 2.05) is 141 Å². The standard InChI is InChI=1S/C78H52F2N2O2.C2H6/c1-47-19-15-29-57-59-31-17-33-67(77(59)83-75(47)57)81(69-45-55(49-21-7-3-8-22-49)43-63(73(69)79)51-25-11-5-12-26-51)65-41-37-53-36-40-62-66(42-38-54-35-39-61(65)71(53)72(54)62)82(68-34-18-32-60-58-30-16-20-48(2)76(58)84-78(60)68)70-46-56(50-23-9-4-10-24-50)44-64(74(70)80)52-27-13-6-14-28-52;1-2/h3-9,11-23,25-46H,10,24H2,1-2H3;1-2H3. The van der Waals surface area contributed by atoms with Crippen molar-refractivity contribution in [3.05, 3.63) is 283 Å². The van der Waals surface area contributed by atoms with E-state index in [0.29, 0.717) is 45.0 Å². The first-order valence-corrected chi connectivity index (χ1v) is 29.7. The monoisotopic (exact) mass is 1120 g/mol. The number of benzene rings is 13. The molecule has 4 nitrogen and oxygen atoms in total. The first-order valence-electron chi connectivity index (χ1n) is 29.7. The van der Waals surface area contributed by atoms with Crippen molar-refractivity contribution < 1.29 is 17.6 Å². The Morgan fingerprint density at radius 3 is 1.23 bits per heavy atom. The Balaban J connectivity index is 0.00000309. The van der Waals surface area contributed by atoms with Crippen molar-refractivity contribution in [2.45, 2.75) is 40.5 Å². The van der Waals surface area contributed by atoms with Gasteiger partial charge in [-0.25, -0.2) is 8.78 Å². The third kappa shape index (κ3) is 8.46. The van der Waals surface area contributed by atoms with Crippen LogP contribution in [0.2, 0.25) is 0 Å². The molecule has 0 fully saturated rings. The molecule has 2 aromatic heterocycles. The lowest BCUT2D eigenvalue weighted by Gasteiger charge is -2.30. The largest absolute Gasteiger partial charge is 0.454 e.